The van der Waals surface area contributed by atoms with Crippen LogP contribution in [0.15, 0.2) is 36.4 Å². The molecule has 2 aromatic rings. The number of halogens is 1. The maximum absolute atomic E-state index is 6.03. The van der Waals surface area contributed by atoms with Crippen molar-refractivity contribution in [2.75, 3.05) is 26.1 Å². The van der Waals surface area contributed by atoms with Gasteiger partial charge in [0.1, 0.15) is 11.9 Å². The van der Waals surface area contributed by atoms with Crippen molar-refractivity contribution in [3.8, 4) is 17.2 Å². The first-order chi connectivity index (χ1) is 10.2. The highest BCUT2D eigenvalue weighted by Crippen LogP contribution is 2.37. The largest absolute Gasteiger partial charge is 0.493 e. The van der Waals surface area contributed by atoms with Crippen molar-refractivity contribution in [2.24, 2.45) is 0 Å². The van der Waals surface area contributed by atoms with E-state index in [4.69, 9.17) is 25.8 Å². The SMILES string of the molecule is COc1ccc(C2CNc3cc(Cl)ccc3O2)cc1OC. The topological polar surface area (TPSA) is 39.7 Å². The average Bonchev–Trinajstić information content (AvgIpc) is 2.53. The van der Waals surface area contributed by atoms with Gasteiger partial charge in [-0.25, -0.2) is 0 Å². The molecule has 0 aromatic heterocycles. The summed E-state index contributed by atoms with van der Waals surface area (Å²) in [4.78, 5) is 0. The standard InChI is InChI=1S/C16H16ClNO3/c1-19-14-5-3-10(7-15(14)20-2)16-9-18-12-8-11(17)4-6-13(12)21-16/h3-8,16,18H,9H2,1-2H3. The number of ether oxygens (including phenoxy) is 3. The van der Waals surface area contributed by atoms with E-state index in [0.29, 0.717) is 23.1 Å². The van der Waals surface area contributed by atoms with Gasteiger partial charge in [0.05, 0.1) is 26.5 Å². The molecule has 110 valence electrons. The second-order valence-electron chi connectivity index (χ2n) is 4.74. The summed E-state index contributed by atoms with van der Waals surface area (Å²) in [5.74, 6) is 2.20. The van der Waals surface area contributed by atoms with E-state index in [1.54, 1.807) is 14.2 Å². The summed E-state index contributed by atoms with van der Waals surface area (Å²) in [5.41, 5.74) is 1.94. The van der Waals surface area contributed by atoms with Gasteiger partial charge in [-0.1, -0.05) is 17.7 Å². The first-order valence-electron chi connectivity index (χ1n) is 6.63. The molecule has 0 fully saturated rings. The highest BCUT2D eigenvalue weighted by Gasteiger charge is 2.22. The fourth-order valence-electron chi connectivity index (χ4n) is 2.38. The van der Waals surface area contributed by atoms with Gasteiger partial charge in [-0.2, -0.15) is 0 Å². The van der Waals surface area contributed by atoms with Crippen LogP contribution < -0.4 is 19.5 Å². The molecular formula is C16H16ClNO3. The van der Waals surface area contributed by atoms with E-state index in [1.807, 2.05) is 36.4 Å². The van der Waals surface area contributed by atoms with Crippen molar-refractivity contribution < 1.29 is 14.2 Å². The number of methoxy groups -OCH3 is 2. The predicted octanol–water partition coefficient (Wildman–Crippen LogP) is 3.90. The molecule has 4 nitrogen and oxygen atoms in total. The lowest BCUT2D eigenvalue weighted by Crippen LogP contribution is -2.23. The van der Waals surface area contributed by atoms with Crippen LogP contribution in [0.25, 0.3) is 0 Å². The lowest BCUT2D eigenvalue weighted by molar-refractivity contribution is 0.209. The Morgan fingerprint density at radius 2 is 1.90 bits per heavy atom. The Morgan fingerprint density at radius 1 is 1.10 bits per heavy atom. The first-order valence-corrected chi connectivity index (χ1v) is 7.01. The first kappa shape index (κ1) is 13.9. The molecule has 0 bridgehead atoms. The number of hydrogen-bond acceptors (Lipinski definition) is 4. The molecule has 0 spiro atoms. The smallest absolute Gasteiger partial charge is 0.161 e. The van der Waals surface area contributed by atoms with Gasteiger partial charge >= 0.3 is 0 Å². The molecule has 0 aliphatic carbocycles. The molecule has 3 rings (SSSR count). The lowest BCUT2D eigenvalue weighted by atomic mass is 10.1. The summed E-state index contributed by atoms with van der Waals surface area (Å²) in [6.45, 7) is 0.669. The van der Waals surface area contributed by atoms with Crippen molar-refractivity contribution in [2.45, 2.75) is 6.10 Å². The van der Waals surface area contributed by atoms with Crippen LogP contribution in [0.3, 0.4) is 0 Å². The zero-order chi connectivity index (χ0) is 14.8. The Bertz CT molecular complexity index is 660. The normalized spacial score (nSPS) is 16.4. The van der Waals surface area contributed by atoms with Gasteiger partial charge in [-0.05, 0) is 35.9 Å². The maximum atomic E-state index is 6.03. The van der Waals surface area contributed by atoms with Gasteiger partial charge in [0.15, 0.2) is 11.5 Å². The molecule has 0 radical (unpaired) electrons. The number of benzene rings is 2. The van der Waals surface area contributed by atoms with Crippen LogP contribution in [0.2, 0.25) is 5.02 Å². The highest BCUT2D eigenvalue weighted by molar-refractivity contribution is 6.30. The molecular weight excluding hydrogens is 290 g/mol. The van der Waals surface area contributed by atoms with Crippen molar-refractivity contribution in [3.63, 3.8) is 0 Å². The van der Waals surface area contributed by atoms with Crippen LogP contribution in [0.4, 0.5) is 5.69 Å². The fraction of sp³-hybridized carbons (Fsp3) is 0.250. The highest BCUT2D eigenvalue weighted by atomic mass is 35.5. The van der Waals surface area contributed by atoms with Gasteiger partial charge in [0.2, 0.25) is 0 Å². The van der Waals surface area contributed by atoms with Crippen LogP contribution in [0, 0.1) is 0 Å². The molecule has 1 unspecified atom stereocenters. The molecule has 1 N–H and O–H groups in total. The molecule has 1 heterocycles. The van der Waals surface area contributed by atoms with Crippen LogP contribution in [-0.2, 0) is 0 Å². The van der Waals surface area contributed by atoms with Crippen molar-refractivity contribution in [1.29, 1.82) is 0 Å². The summed E-state index contributed by atoms with van der Waals surface area (Å²) in [7, 11) is 3.25. The van der Waals surface area contributed by atoms with E-state index in [-0.39, 0.29) is 6.10 Å². The third-order valence-electron chi connectivity index (χ3n) is 3.47. The minimum atomic E-state index is -0.0847. The molecule has 1 aliphatic rings. The molecule has 0 saturated heterocycles. The second kappa shape index (κ2) is 5.74. The Balaban J connectivity index is 1.87. The van der Waals surface area contributed by atoms with Crippen LogP contribution in [0.5, 0.6) is 17.2 Å². The Kier molecular flexibility index (Phi) is 3.80. The van der Waals surface area contributed by atoms with E-state index >= 15 is 0 Å². The van der Waals surface area contributed by atoms with Crippen LogP contribution in [0.1, 0.15) is 11.7 Å². The Hall–Kier alpha value is -2.07. The van der Waals surface area contributed by atoms with Crippen molar-refractivity contribution in [1.82, 2.24) is 0 Å². The zero-order valence-electron chi connectivity index (χ0n) is 11.9. The number of hydrogen-bond donors (Lipinski definition) is 1. The number of anilines is 1. The molecule has 2 aromatic carbocycles. The summed E-state index contributed by atoms with van der Waals surface area (Å²) in [5, 5.41) is 4.03. The Morgan fingerprint density at radius 3 is 2.67 bits per heavy atom. The molecule has 1 aliphatic heterocycles. The van der Waals surface area contributed by atoms with Crippen LogP contribution in [-0.4, -0.2) is 20.8 Å². The van der Waals surface area contributed by atoms with Crippen molar-refractivity contribution in [3.05, 3.63) is 47.0 Å². The van der Waals surface area contributed by atoms with Crippen molar-refractivity contribution >= 4 is 17.3 Å². The lowest BCUT2D eigenvalue weighted by Gasteiger charge is -2.28. The quantitative estimate of drug-likeness (QED) is 0.933. The zero-order valence-corrected chi connectivity index (χ0v) is 12.6. The number of fused-ring (bicyclic) bond motifs is 1. The minimum absolute atomic E-state index is 0.0847. The average molecular weight is 306 g/mol. The van der Waals surface area contributed by atoms with Gasteiger partial charge in [0.25, 0.3) is 0 Å². The fourth-order valence-corrected chi connectivity index (χ4v) is 2.55. The van der Waals surface area contributed by atoms with Gasteiger partial charge < -0.3 is 19.5 Å². The maximum Gasteiger partial charge on any atom is 0.161 e. The molecule has 5 heteroatoms. The predicted molar refractivity (Wildman–Crippen MR) is 82.9 cm³/mol. The van der Waals surface area contributed by atoms with E-state index in [0.717, 1.165) is 17.0 Å². The number of nitrogens with one attached hydrogen (secondary N) is 1. The van der Waals surface area contributed by atoms with Gasteiger partial charge in [-0.15, -0.1) is 0 Å². The van der Waals surface area contributed by atoms with E-state index in [2.05, 4.69) is 5.32 Å². The monoisotopic (exact) mass is 305 g/mol. The molecule has 21 heavy (non-hydrogen) atoms. The third kappa shape index (κ3) is 2.72. The number of rotatable bonds is 3. The molecule has 1 atom stereocenters. The molecule has 0 amide bonds. The second-order valence-corrected chi connectivity index (χ2v) is 5.18. The summed E-state index contributed by atoms with van der Waals surface area (Å²) in [6.07, 6.45) is -0.0847. The summed E-state index contributed by atoms with van der Waals surface area (Å²) in [6, 6.07) is 11.4. The minimum Gasteiger partial charge on any atom is -0.493 e. The summed E-state index contributed by atoms with van der Waals surface area (Å²) >= 11 is 5.98. The van der Waals surface area contributed by atoms with E-state index in [9.17, 15) is 0 Å². The third-order valence-corrected chi connectivity index (χ3v) is 3.70. The van der Waals surface area contributed by atoms with E-state index < -0.39 is 0 Å². The summed E-state index contributed by atoms with van der Waals surface area (Å²) < 4.78 is 16.6. The van der Waals surface area contributed by atoms with Gasteiger partial charge in [0, 0.05) is 5.02 Å². The molecule has 0 saturated carbocycles. The Labute approximate surface area is 128 Å². The van der Waals surface area contributed by atoms with Crippen LogP contribution >= 0.6 is 11.6 Å². The van der Waals surface area contributed by atoms with Gasteiger partial charge in [-0.3, -0.25) is 0 Å². The van der Waals surface area contributed by atoms with E-state index in [1.165, 1.54) is 0 Å².